The summed E-state index contributed by atoms with van der Waals surface area (Å²) < 4.78 is 85.3. The normalized spacial score (nSPS) is 57.5. The van der Waals surface area contributed by atoms with Gasteiger partial charge < -0.3 is 19.5 Å². The predicted molar refractivity (Wildman–Crippen MR) is 82.5 cm³/mol. The second-order valence-electron chi connectivity index (χ2n) is 6.31. The highest BCUT2D eigenvalue weighted by Crippen LogP contribution is 2.62. The standard InChI is InChI=1S/C18H21NO3/c1-19-8-7-18-11-4-5-13(20)17(18)22-16-14(21-2)6-3-10(15(16)18)9-12(11)19/h3-6,11-13,17,20H,7-9H2,1-2H3/t11-,12+,13?,17?,18-/m0/s1/i2D3,3D,6D,12D,13D,17D,20D. The van der Waals surface area contributed by atoms with Crippen LogP contribution in [-0.4, -0.2) is 50.2 Å². The molecule has 1 aromatic carbocycles. The molecule has 0 aromatic heterocycles. The number of hydrogen-bond donors (Lipinski definition) is 1. The quantitative estimate of drug-likeness (QED) is 0.841. The van der Waals surface area contributed by atoms with Crippen molar-refractivity contribution >= 4 is 0 Å². The largest absolute Gasteiger partial charge is 0.493 e. The van der Waals surface area contributed by atoms with Gasteiger partial charge in [-0.15, -0.1) is 0 Å². The minimum atomic E-state index is -2.93. The molecule has 5 rings (SSSR count). The van der Waals surface area contributed by atoms with E-state index in [1.165, 1.54) is 6.08 Å². The Morgan fingerprint density at radius 3 is 3.41 bits per heavy atom. The number of methoxy groups -OCH3 is 1. The van der Waals surface area contributed by atoms with Crippen molar-refractivity contribution in [3.8, 4) is 11.5 Å². The summed E-state index contributed by atoms with van der Waals surface area (Å²) in [7, 11) is -1.15. The Hall–Kier alpha value is -1.52. The molecule has 1 spiro atoms. The smallest absolute Gasteiger partial charge is 0.211 e. The number of likely N-dealkylation sites (N-methyl/N-ethyl adjacent to an activating group) is 1. The first-order valence-electron chi connectivity index (χ1n) is 11.8. The lowest BCUT2D eigenvalue weighted by Crippen LogP contribution is -2.64. The van der Waals surface area contributed by atoms with Gasteiger partial charge in [0.05, 0.1) is 16.6 Å². The van der Waals surface area contributed by atoms with Gasteiger partial charge in [-0.2, -0.15) is 0 Å². The van der Waals surface area contributed by atoms with Crippen molar-refractivity contribution in [3.63, 3.8) is 0 Å². The van der Waals surface area contributed by atoms with Crippen LogP contribution in [0.15, 0.2) is 24.2 Å². The maximum Gasteiger partial charge on any atom is 0.211 e. The minimum absolute atomic E-state index is 0.0630. The van der Waals surface area contributed by atoms with Gasteiger partial charge in [0, 0.05) is 24.3 Å². The molecule has 2 bridgehead atoms. The SMILES string of the molecule is [2H]OC1([2H])C=C[C@H]2[C@@]3([2H])Cc4c([2H])c([2H])c(OC([2H])([2H])[2H])c5c4[C@@]2(CCN3C)C1([2H])O5. The molecule has 0 amide bonds. The molecule has 1 N–H and O–H groups in total. The van der Waals surface area contributed by atoms with Gasteiger partial charge in [-0.1, -0.05) is 18.2 Å². The van der Waals surface area contributed by atoms with E-state index < -0.39 is 48.3 Å². The number of ether oxygens (including phenoxy) is 2. The Balaban J connectivity index is 1.91. The lowest BCUT2D eigenvalue weighted by Gasteiger charge is -2.56. The van der Waals surface area contributed by atoms with Crippen LogP contribution < -0.4 is 9.47 Å². The lowest BCUT2D eigenvalue weighted by molar-refractivity contribution is -0.0453. The molecule has 5 atom stereocenters. The molecule has 4 heteroatoms. The van der Waals surface area contributed by atoms with E-state index in [4.69, 9.17) is 19.1 Å². The van der Waals surface area contributed by atoms with Crippen LogP contribution in [0.4, 0.5) is 0 Å². The maximum atomic E-state index is 9.31. The fourth-order valence-corrected chi connectivity index (χ4v) is 4.51. The molecule has 0 radical (unpaired) electrons. The van der Waals surface area contributed by atoms with Crippen LogP contribution in [0.3, 0.4) is 0 Å². The van der Waals surface area contributed by atoms with E-state index in [-0.39, 0.29) is 24.6 Å². The molecule has 1 saturated heterocycles. The highest BCUT2D eigenvalue weighted by atomic mass is 16.5. The second-order valence-corrected chi connectivity index (χ2v) is 6.31. The zero-order valence-corrected chi connectivity index (χ0v) is 12.0. The van der Waals surface area contributed by atoms with Gasteiger partial charge in [0.25, 0.3) is 0 Å². The molecule has 1 fully saturated rings. The van der Waals surface area contributed by atoms with E-state index in [0.717, 1.165) is 0 Å². The maximum absolute atomic E-state index is 9.31. The molecular formula is C18H21NO3. The van der Waals surface area contributed by atoms with Crippen molar-refractivity contribution in [2.24, 2.45) is 5.92 Å². The van der Waals surface area contributed by atoms with Crippen LogP contribution in [0.1, 0.15) is 28.5 Å². The van der Waals surface area contributed by atoms with Crippen LogP contribution in [0.5, 0.6) is 11.5 Å². The number of rotatable bonds is 2. The summed E-state index contributed by atoms with van der Waals surface area (Å²) in [6.07, 6.45) is -1.36. The average Bonchev–Trinajstić information content (AvgIpc) is 2.96. The van der Waals surface area contributed by atoms with E-state index in [0.29, 0.717) is 17.7 Å². The molecule has 1 aromatic rings. The van der Waals surface area contributed by atoms with E-state index in [2.05, 4.69) is 5.11 Å². The first-order chi connectivity index (χ1) is 14.3. The summed E-state index contributed by atoms with van der Waals surface area (Å²) in [6.45, 7) is 0.385. The van der Waals surface area contributed by atoms with Crippen LogP contribution in [-0.2, 0) is 11.8 Å². The van der Waals surface area contributed by atoms with Gasteiger partial charge >= 0.3 is 0 Å². The molecule has 116 valence electrons. The minimum Gasteiger partial charge on any atom is -0.493 e. The molecule has 2 unspecified atom stereocenters. The predicted octanol–water partition coefficient (Wildman–Crippen LogP) is 1.50. The van der Waals surface area contributed by atoms with Gasteiger partial charge in [0.15, 0.2) is 11.5 Å². The van der Waals surface area contributed by atoms with Crippen molar-refractivity contribution in [1.82, 2.24) is 4.90 Å². The van der Waals surface area contributed by atoms with E-state index in [1.54, 1.807) is 13.1 Å². The number of likely N-dealkylation sites (tertiary alicyclic amines) is 1. The summed E-state index contributed by atoms with van der Waals surface area (Å²) in [4.78, 5) is 1.82. The fourth-order valence-electron chi connectivity index (χ4n) is 4.51. The molecule has 4 nitrogen and oxygen atoms in total. The third-order valence-electron chi connectivity index (χ3n) is 5.46. The number of nitrogens with zero attached hydrogens (tertiary/aromatic N) is 1. The number of aliphatic hydroxyl groups is 1. The molecule has 4 aliphatic rings. The van der Waals surface area contributed by atoms with Crippen molar-refractivity contribution in [2.75, 3.05) is 20.6 Å². The van der Waals surface area contributed by atoms with Crippen molar-refractivity contribution in [2.45, 2.75) is 36.4 Å². The first kappa shape index (κ1) is 6.93. The molecule has 2 aliphatic heterocycles. The summed E-state index contributed by atoms with van der Waals surface area (Å²) in [5.74, 6) is -1.30. The monoisotopic (exact) mass is 308 g/mol. The zero-order valence-electron chi connectivity index (χ0n) is 21.0. The van der Waals surface area contributed by atoms with E-state index >= 15 is 0 Å². The Bertz CT molecular complexity index is 1030. The van der Waals surface area contributed by atoms with Crippen molar-refractivity contribution < 1.29 is 25.5 Å². The third kappa shape index (κ3) is 1.28. The average molecular weight is 308 g/mol. The van der Waals surface area contributed by atoms with Crippen LogP contribution in [0.25, 0.3) is 0 Å². The summed E-state index contributed by atoms with van der Waals surface area (Å²) in [5, 5.41) is 4.68. The lowest BCUT2D eigenvalue weighted by atomic mass is 9.53. The number of benzene rings is 1. The molecule has 2 aliphatic carbocycles. The number of hydrogen-bond acceptors (Lipinski definition) is 4. The molecular weight excluding hydrogens is 278 g/mol. The van der Waals surface area contributed by atoms with Crippen LogP contribution in [0, 0.1) is 5.92 Å². The third-order valence-corrected chi connectivity index (χ3v) is 5.46. The summed E-state index contributed by atoms with van der Waals surface area (Å²) >= 11 is 0. The number of piperidine rings is 1. The Kier molecular flexibility index (Phi) is 1.28. The van der Waals surface area contributed by atoms with Gasteiger partial charge in [0.2, 0.25) is 1.43 Å². The topological polar surface area (TPSA) is 41.9 Å². The summed E-state index contributed by atoms with van der Waals surface area (Å²) in [6, 6.07) is -2.08. The first-order valence-corrected chi connectivity index (χ1v) is 7.35. The molecule has 22 heavy (non-hydrogen) atoms. The zero-order chi connectivity index (χ0) is 22.8. The Morgan fingerprint density at radius 2 is 2.55 bits per heavy atom. The molecule has 2 heterocycles. The van der Waals surface area contributed by atoms with Gasteiger partial charge in [-0.3, -0.25) is 0 Å². The van der Waals surface area contributed by atoms with E-state index in [9.17, 15) is 2.74 Å². The van der Waals surface area contributed by atoms with Crippen molar-refractivity contribution in [3.05, 3.63) is 35.4 Å². The summed E-state index contributed by atoms with van der Waals surface area (Å²) in [5.41, 5.74) is -0.702. The highest BCUT2D eigenvalue weighted by molar-refractivity contribution is 5.62. The Labute approximate surface area is 143 Å². The van der Waals surface area contributed by atoms with Crippen LogP contribution >= 0.6 is 0 Å². The van der Waals surface area contributed by atoms with Gasteiger partial charge in [0.1, 0.15) is 12.2 Å². The fraction of sp³-hybridized carbons (Fsp3) is 0.556. The van der Waals surface area contributed by atoms with Crippen molar-refractivity contribution in [1.29, 1.82) is 1.43 Å². The molecule has 0 saturated carbocycles. The second kappa shape index (κ2) is 4.06. The van der Waals surface area contributed by atoms with Crippen LogP contribution in [0.2, 0.25) is 0 Å². The highest BCUT2D eigenvalue weighted by Gasteiger charge is 2.64. The van der Waals surface area contributed by atoms with Gasteiger partial charge in [-0.25, -0.2) is 0 Å². The van der Waals surface area contributed by atoms with Gasteiger partial charge in [-0.05, 0) is 38.0 Å². The van der Waals surface area contributed by atoms with E-state index in [1.807, 2.05) is 4.90 Å². The Morgan fingerprint density at radius 1 is 1.59 bits per heavy atom.